The highest BCUT2D eigenvalue weighted by atomic mass is 32.1. The molecule has 0 saturated carbocycles. The van der Waals surface area contributed by atoms with Gasteiger partial charge in [0.1, 0.15) is 22.9 Å². The third-order valence-electron chi connectivity index (χ3n) is 4.56. The summed E-state index contributed by atoms with van der Waals surface area (Å²) >= 11 is 1.51. The van der Waals surface area contributed by atoms with Crippen LogP contribution in [-0.2, 0) is 0 Å². The minimum Gasteiger partial charge on any atom is -0.497 e. The quantitative estimate of drug-likeness (QED) is 0.465. The van der Waals surface area contributed by atoms with E-state index in [2.05, 4.69) is 0 Å². The zero-order chi connectivity index (χ0) is 19.0. The minimum atomic E-state index is 0.543. The number of methoxy groups -OCH3 is 2. The third kappa shape index (κ3) is 2.88. The highest BCUT2D eigenvalue weighted by Crippen LogP contribution is 2.34. The SMILES string of the molecule is COc1ccc(-c2csc3nc(-c4ccc(OC)c(C)c4)c(C=O)n23)cc1. The predicted octanol–water partition coefficient (Wildman–Crippen LogP) is 4.87. The highest BCUT2D eigenvalue weighted by Gasteiger charge is 2.19. The van der Waals surface area contributed by atoms with Gasteiger partial charge in [-0.15, -0.1) is 11.3 Å². The Bertz CT molecular complexity index is 1130. The van der Waals surface area contributed by atoms with Gasteiger partial charge in [-0.25, -0.2) is 4.98 Å². The van der Waals surface area contributed by atoms with Crippen molar-refractivity contribution in [3.63, 3.8) is 0 Å². The Balaban J connectivity index is 1.88. The van der Waals surface area contributed by atoms with E-state index in [1.807, 2.05) is 59.2 Å². The second kappa shape index (κ2) is 6.89. The van der Waals surface area contributed by atoms with Crippen molar-refractivity contribution in [2.24, 2.45) is 0 Å². The van der Waals surface area contributed by atoms with Gasteiger partial charge in [-0.2, -0.15) is 0 Å². The van der Waals surface area contributed by atoms with Crippen molar-refractivity contribution in [2.75, 3.05) is 14.2 Å². The van der Waals surface area contributed by atoms with E-state index in [4.69, 9.17) is 14.5 Å². The van der Waals surface area contributed by atoms with Crippen molar-refractivity contribution in [3.8, 4) is 34.0 Å². The summed E-state index contributed by atoms with van der Waals surface area (Å²) in [6.45, 7) is 1.98. The molecule has 0 radical (unpaired) electrons. The molecule has 2 aromatic carbocycles. The van der Waals surface area contributed by atoms with Crippen LogP contribution in [0.15, 0.2) is 47.8 Å². The number of nitrogens with zero attached hydrogens (tertiary/aromatic N) is 2. The fourth-order valence-electron chi connectivity index (χ4n) is 3.19. The van der Waals surface area contributed by atoms with E-state index in [9.17, 15) is 4.79 Å². The molecule has 5 nitrogen and oxygen atoms in total. The van der Waals surface area contributed by atoms with Crippen LogP contribution in [0.25, 0.3) is 27.5 Å². The van der Waals surface area contributed by atoms with Crippen LogP contribution in [0, 0.1) is 6.92 Å². The molecule has 4 aromatic rings. The summed E-state index contributed by atoms with van der Waals surface area (Å²) in [6.07, 6.45) is 0.870. The molecule has 0 fully saturated rings. The van der Waals surface area contributed by atoms with Crippen LogP contribution >= 0.6 is 11.3 Å². The third-order valence-corrected chi connectivity index (χ3v) is 5.39. The van der Waals surface area contributed by atoms with Crippen LogP contribution < -0.4 is 9.47 Å². The van der Waals surface area contributed by atoms with Crippen molar-refractivity contribution >= 4 is 22.6 Å². The summed E-state index contributed by atoms with van der Waals surface area (Å²) in [4.78, 5) is 17.5. The lowest BCUT2D eigenvalue weighted by Gasteiger charge is -2.07. The topological polar surface area (TPSA) is 52.8 Å². The molecule has 0 unspecified atom stereocenters. The van der Waals surface area contributed by atoms with Crippen LogP contribution in [0.3, 0.4) is 0 Å². The predicted molar refractivity (Wildman–Crippen MR) is 107 cm³/mol. The molecule has 0 spiro atoms. The van der Waals surface area contributed by atoms with E-state index in [1.165, 1.54) is 11.3 Å². The van der Waals surface area contributed by atoms with Gasteiger partial charge in [0.2, 0.25) is 0 Å². The van der Waals surface area contributed by atoms with E-state index in [0.717, 1.165) is 45.1 Å². The van der Waals surface area contributed by atoms with Gasteiger partial charge in [-0.05, 0) is 60.5 Å². The van der Waals surface area contributed by atoms with Crippen LogP contribution in [-0.4, -0.2) is 29.9 Å². The molecule has 0 bridgehead atoms. The van der Waals surface area contributed by atoms with Crippen molar-refractivity contribution in [2.45, 2.75) is 6.92 Å². The van der Waals surface area contributed by atoms with E-state index in [1.54, 1.807) is 14.2 Å². The van der Waals surface area contributed by atoms with Crippen molar-refractivity contribution in [1.82, 2.24) is 9.38 Å². The lowest BCUT2D eigenvalue weighted by Crippen LogP contribution is -1.95. The lowest BCUT2D eigenvalue weighted by molar-refractivity contribution is 0.111. The number of fused-ring (bicyclic) bond motifs is 1. The number of hydrogen-bond acceptors (Lipinski definition) is 5. The minimum absolute atomic E-state index is 0.543. The number of carbonyl (C=O) groups is 1. The Morgan fingerprint density at radius 1 is 1.04 bits per heavy atom. The summed E-state index contributed by atoms with van der Waals surface area (Å²) in [5.41, 5.74) is 5.05. The molecule has 6 heteroatoms. The number of aromatic nitrogens is 2. The Labute approximate surface area is 160 Å². The summed E-state index contributed by atoms with van der Waals surface area (Å²) in [5.74, 6) is 1.60. The van der Waals surface area contributed by atoms with Crippen LogP contribution in [0.5, 0.6) is 11.5 Å². The molecule has 2 aromatic heterocycles. The maximum Gasteiger partial charge on any atom is 0.195 e. The Kier molecular flexibility index (Phi) is 4.41. The van der Waals surface area contributed by atoms with Gasteiger partial charge in [0.15, 0.2) is 11.2 Å². The molecule has 0 saturated heterocycles. The maximum atomic E-state index is 12.0. The van der Waals surface area contributed by atoms with Gasteiger partial charge < -0.3 is 9.47 Å². The molecule has 0 amide bonds. The van der Waals surface area contributed by atoms with E-state index in [-0.39, 0.29) is 0 Å². The van der Waals surface area contributed by atoms with E-state index >= 15 is 0 Å². The number of ether oxygens (including phenoxy) is 2. The second-order valence-electron chi connectivity index (χ2n) is 6.12. The van der Waals surface area contributed by atoms with Crippen LogP contribution in [0.1, 0.15) is 16.1 Å². The first-order chi connectivity index (χ1) is 13.2. The summed E-state index contributed by atoms with van der Waals surface area (Å²) < 4.78 is 12.5. The first kappa shape index (κ1) is 17.3. The van der Waals surface area contributed by atoms with Gasteiger partial charge in [-0.1, -0.05) is 0 Å². The molecule has 27 heavy (non-hydrogen) atoms. The Morgan fingerprint density at radius 2 is 1.78 bits per heavy atom. The molecule has 4 rings (SSSR count). The average Bonchev–Trinajstić information content (AvgIpc) is 3.27. The zero-order valence-corrected chi connectivity index (χ0v) is 16.0. The number of carbonyl (C=O) groups excluding carboxylic acids is 1. The first-order valence-electron chi connectivity index (χ1n) is 8.41. The number of aldehydes is 1. The number of rotatable bonds is 5. The van der Waals surface area contributed by atoms with Gasteiger partial charge in [0.25, 0.3) is 0 Å². The van der Waals surface area contributed by atoms with Crippen molar-refractivity contribution < 1.29 is 14.3 Å². The monoisotopic (exact) mass is 378 g/mol. The summed E-state index contributed by atoms with van der Waals surface area (Å²) in [5, 5.41) is 2.01. The van der Waals surface area contributed by atoms with Crippen LogP contribution in [0.4, 0.5) is 0 Å². The molecule has 0 N–H and O–H groups in total. The molecule has 0 atom stereocenters. The standard InChI is InChI=1S/C21H18N2O3S/c1-13-10-15(6-9-19(13)26-3)20-17(11-24)23-18(12-27-21(23)22-20)14-4-7-16(25-2)8-5-14/h4-12H,1-3H3. The molecule has 2 heterocycles. The second-order valence-corrected chi connectivity index (χ2v) is 6.95. The lowest BCUT2D eigenvalue weighted by atomic mass is 10.1. The highest BCUT2D eigenvalue weighted by molar-refractivity contribution is 7.15. The average molecular weight is 378 g/mol. The number of aryl methyl sites for hydroxylation is 1. The largest absolute Gasteiger partial charge is 0.497 e. The van der Waals surface area contributed by atoms with Gasteiger partial charge in [0.05, 0.1) is 19.9 Å². The molecular formula is C21H18N2O3S. The van der Waals surface area contributed by atoms with Gasteiger partial charge in [0, 0.05) is 10.9 Å². The summed E-state index contributed by atoms with van der Waals surface area (Å²) in [6, 6.07) is 13.6. The molecule has 136 valence electrons. The normalized spacial score (nSPS) is 10.9. The van der Waals surface area contributed by atoms with E-state index in [0.29, 0.717) is 11.4 Å². The molecule has 0 aliphatic carbocycles. The van der Waals surface area contributed by atoms with Gasteiger partial charge >= 0.3 is 0 Å². The number of hydrogen-bond donors (Lipinski definition) is 0. The smallest absolute Gasteiger partial charge is 0.195 e. The van der Waals surface area contributed by atoms with Gasteiger partial charge in [-0.3, -0.25) is 9.20 Å². The Morgan fingerprint density at radius 3 is 2.41 bits per heavy atom. The molecule has 0 aliphatic heterocycles. The fraction of sp³-hybridized carbons (Fsp3) is 0.143. The number of imidazole rings is 1. The maximum absolute atomic E-state index is 12.0. The Hall–Kier alpha value is -3.12. The number of thiazole rings is 1. The summed E-state index contributed by atoms with van der Waals surface area (Å²) in [7, 11) is 3.29. The molecule has 0 aliphatic rings. The molecular weight excluding hydrogens is 360 g/mol. The van der Waals surface area contributed by atoms with E-state index < -0.39 is 0 Å². The fourth-order valence-corrected chi connectivity index (χ4v) is 4.10. The first-order valence-corrected chi connectivity index (χ1v) is 9.28. The van der Waals surface area contributed by atoms with Crippen molar-refractivity contribution in [1.29, 1.82) is 0 Å². The van der Waals surface area contributed by atoms with Crippen molar-refractivity contribution in [3.05, 3.63) is 59.1 Å². The zero-order valence-electron chi connectivity index (χ0n) is 15.2. The number of benzene rings is 2. The van der Waals surface area contributed by atoms with Crippen LogP contribution in [0.2, 0.25) is 0 Å².